The Bertz CT molecular complexity index is 1110. The number of thiophene rings is 2. The number of carbonyl (C=O) groups is 1. The van der Waals surface area contributed by atoms with Crippen molar-refractivity contribution in [1.29, 1.82) is 0 Å². The van der Waals surface area contributed by atoms with Crippen LogP contribution in [0.4, 0.5) is 0 Å². The molecule has 0 atom stereocenters. The molecule has 0 unspecified atom stereocenters. The first kappa shape index (κ1) is 16.6. The van der Waals surface area contributed by atoms with Crippen molar-refractivity contribution >= 4 is 67.9 Å². The zero-order chi connectivity index (χ0) is 17.7. The molecule has 3 aromatic heterocycles. The minimum Gasteiger partial charge on any atom is -0.465 e. The van der Waals surface area contributed by atoms with Crippen LogP contribution in [0.5, 0.6) is 0 Å². The molecule has 4 rings (SSSR count). The van der Waals surface area contributed by atoms with Gasteiger partial charge in [0.25, 0.3) is 5.56 Å². The van der Waals surface area contributed by atoms with Crippen LogP contribution in [0.25, 0.3) is 15.9 Å². The number of nitrogens with one attached hydrogen (secondary N) is 1. The third kappa shape index (κ3) is 2.67. The standard InChI is InChI=1S/C15H10ClN3O3S3/c1-6-10-12(25-11(6)14(21)22-2)17-15-19(13(10)20)18-7(5-23-15)8-3-4-9(16)24-8/h3-5,18H,1-2H3. The molecule has 6 nitrogen and oxygen atoms in total. The maximum Gasteiger partial charge on any atom is 0.348 e. The van der Waals surface area contributed by atoms with Crippen LogP contribution in [-0.2, 0) is 4.74 Å². The van der Waals surface area contributed by atoms with Crippen LogP contribution in [-0.4, -0.2) is 22.7 Å². The first-order valence-electron chi connectivity index (χ1n) is 7.03. The quantitative estimate of drug-likeness (QED) is 0.509. The molecule has 0 radical (unpaired) electrons. The molecule has 0 spiro atoms. The molecule has 25 heavy (non-hydrogen) atoms. The third-order valence-corrected chi connectivity index (χ3v) is 6.93. The summed E-state index contributed by atoms with van der Waals surface area (Å²) in [6, 6.07) is 3.69. The van der Waals surface area contributed by atoms with Gasteiger partial charge in [-0.25, -0.2) is 9.78 Å². The molecule has 128 valence electrons. The second kappa shape index (κ2) is 6.17. The molecule has 0 saturated carbocycles. The van der Waals surface area contributed by atoms with Gasteiger partial charge in [0.1, 0.15) is 9.71 Å². The van der Waals surface area contributed by atoms with Gasteiger partial charge in [0.05, 0.1) is 27.4 Å². The van der Waals surface area contributed by atoms with E-state index in [1.165, 1.54) is 46.2 Å². The number of hydrogen-bond donors (Lipinski definition) is 1. The van der Waals surface area contributed by atoms with Crippen molar-refractivity contribution in [3.63, 3.8) is 0 Å². The smallest absolute Gasteiger partial charge is 0.348 e. The van der Waals surface area contributed by atoms with Gasteiger partial charge in [-0.15, -0.1) is 22.7 Å². The minimum absolute atomic E-state index is 0.246. The second-order valence-corrected chi connectivity index (χ2v) is 8.68. The molecular weight excluding hydrogens is 402 g/mol. The van der Waals surface area contributed by atoms with Gasteiger partial charge >= 0.3 is 5.97 Å². The molecule has 1 aliphatic rings. The zero-order valence-corrected chi connectivity index (χ0v) is 16.2. The maximum absolute atomic E-state index is 13.0. The number of ether oxygens (including phenoxy) is 1. The predicted molar refractivity (Wildman–Crippen MR) is 102 cm³/mol. The Labute approximate surface area is 159 Å². The lowest BCUT2D eigenvalue weighted by atomic mass is 10.2. The van der Waals surface area contributed by atoms with Crippen molar-refractivity contribution in [2.45, 2.75) is 12.1 Å². The summed E-state index contributed by atoms with van der Waals surface area (Å²) in [4.78, 5) is 31.2. The largest absolute Gasteiger partial charge is 0.465 e. The fraction of sp³-hybridized carbons (Fsp3) is 0.133. The Balaban J connectivity index is 1.85. The van der Waals surface area contributed by atoms with E-state index >= 15 is 0 Å². The Morgan fingerprint density at radius 3 is 2.84 bits per heavy atom. The minimum atomic E-state index is -0.462. The van der Waals surface area contributed by atoms with Gasteiger partial charge in [0, 0.05) is 5.41 Å². The predicted octanol–water partition coefficient (Wildman–Crippen LogP) is 3.92. The Hall–Kier alpha value is -1.81. The van der Waals surface area contributed by atoms with E-state index in [1.807, 2.05) is 11.5 Å². The molecule has 0 amide bonds. The number of carbonyl (C=O) groups excluding carboxylic acids is 1. The molecular formula is C15H10ClN3O3S3. The van der Waals surface area contributed by atoms with E-state index < -0.39 is 5.97 Å². The number of hydrogen-bond acceptors (Lipinski definition) is 8. The van der Waals surface area contributed by atoms with E-state index in [4.69, 9.17) is 16.3 Å². The average Bonchev–Trinajstić information content (AvgIpc) is 3.18. The van der Waals surface area contributed by atoms with E-state index in [-0.39, 0.29) is 5.56 Å². The number of halogens is 1. The molecule has 1 aliphatic heterocycles. The highest BCUT2D eigenvalue weighted by Crippen LogP contribution is 2.34. The van der Waals surface area contributed by atoms with Crippen molar-refractivity contribution < 1.29 is 9.53 Å². The highest BCUT2D eigenvalue weighted by molar-refractivity contribution is 8.02. The van der Waals surface area contributed by atoms with Crippen LogP contribution in [0.3, 0.4) is 0 Å². The van der Waals surface area contributed by atoms with Crippen LogP contribution >= 0.6 is 46.0 Å². The molecule has 0 saturated heterocycles. The first-order valence-corrected chi connectivity index (χ1v) is 9.92. The van der Waals surface area contributed by atoms with Gasteiger partial charge in [-0.2, -0.15) is 4.68 Å². The van der Waals surface area contributed by atoms with Crippen LogP contribution < -0.4 is 11.0 Å². The summed E-state index contributed by atoms with van der Waals surface area (Å²) in [6.45, 7) is 1.73. The number of methoxy groups -OCH3 is 1. The lowest BCUT2D eigenvalue weighted by molar-refractivity contribution is 0.0605. The van der Waals surface area contributed by atoms with Gasteiger partial charge < -0.3 is 4.74 Å². The topological polar surface area (TPSA) is 73.2 Å². The number of esters is 1. The van der Waals surface area contributed by atoms with Gasteiger partial charge in [0.15, 0.2) is 5.16 Å². The molecule has 0 aromatic carbocycles. The molecule has 4 heterocycles. The highest BCUT2D eigenvalue weighted by atomic mass is 35.5. The summed E-state index contributed by atoms with van der Waals surface area (Å²) in [6.07, 6.45) is 0. The second-order valence-electron chi connectivity index (χ2n) is 5.13. The van der Waals surface area contributed by atoms with Gasteiger partial charge in [-0.1, -0.05) is 23.4 Å². The number of thioether (sulfide) groups is 1. The Kier molecular flexibility index (Phi) is 4.11. The monoisotopic (exact) mass is 411 g/mol. The van der Waals surface area contributed by atoms with Gasteiger partial charge in [-0.05, 0) is 24.6 Å². The summed E-state index contributed by atoms with van der Waals surface area (Å²) < 4.78 is 6.85. The van der Waals surface area contributed by atoms with Gasteiger partial charge in [0.2, 0.25) is 0 Å². The number of aromatic nitrogens is 2. The average molecular weight is 412 g/mol. The summed E-state index contributed by atoms with van der Waals surface area (Å²) in [5, 5.41) is 2.83. The summed E-state index contributed by atoms with van der Waals surface area (Å²) in [5.74, 6) is -0.462. The third-order valence-electron chi connectivity index (χ3n) is 3.66. The van der Waals surface area contributed by atoms with Crippen LogP contribution in [0.1, 0.15) is 20.1 Å². The number of fused-ring (bicyclic) bond motifs is 2. The summed E-state index contributed by atoms with van der Waals surface area (Å²) >= 11 is 9.92. The van der Waals surface area contributed by atoms with Crippen molar-refractivity contribution in [1.82, 2.24) is 9.66 Å². The normalized spacial score (nSPS) is 13.3. The number of aryl methyl sites for hydroxylation is 1. The molecule has 0 fully saturated rings. The van der Waals surface area contributed by atoms with Crippen molar-refractivity contribution in [2.75, 3.05) is 12.5 Å². The Morgan fingerprint density at radius 1 is 1.36 bits per heavy atom. The van der Waals surface area contributed by atoms with Crippen molar-refractivity contribution in [3.05, 3.63) is 47.5 Å². The zero-order valence-electron chi connectivity index (χ0n) is 13.0. The number of rotatable bonds is 2. The van der Waals surface area contributed by atoms with E-state index in [9.17, 15) is 9.59 Å². The molecule has 10 heteroatoms. The highest BCUT2D eigenvalue weighted by Gasteiger charge is 2.24. The maximum atomic E-state index is 13.0. The van der Waals surface area contributed by atoms with Crippen LogP contribution in [0.15, 0.2) is 27.5 Å². The first-order chi connectivity index (χ1) is 12.0. The lowest BCUT2D eigenvalue weighted by Crippen LogP contribution is -2.31. The van der Waals surface area contributed by atoms with Crippen molar-refractivity contribution in [2.24, 2.45) is 0 Å². The van der Waals surface area contributed by atoms with Crippen LogP contribution in [0, 0.1) is 6.92 Å². The summed E-state index contributed by atoms with van der Waals surface area (Å²) in [7, 11) is 1.32. The van der Waals surface area contributed by atoms with Gasteiger partial charge in [-0.3, -0.25) is 10.2 Å². The Morgan fingerprint density at radius 2 is 2.16 bits per heavy atom. The molecule has 3 aromatic rings. The summed E-state index contributed by atoms with van der Waals surface area (Å²) in [5.41, 5.74) is 4.20. The molecule has 0 aliphatic carbocycles. The fourth-order valence-corrected chi connectivity index (χ4v) is 5.47. The van der Waals surface area contributed by atoms with Crippen molar-refractivity contribution in [3.8, 4) is 0 Å². The molecule has 0 bridgehead atoms. The lowest BCUT2D eigenvalue weighted by Gasteiger charge is -2.19. The fourth-order valence-electron chi connectivity index (χ4n) is 2.46. The SMILES string of the molecule is COC(=O)c1sc2nc3n(c(=O)c2c1C)NC(c1ccc(Cl)s1)=CS3. The van der Waals surface area contributed by atoms with E-state index in [0.717, 1.165) is 10.6 Å². The van der Waals surface area contributed by atoms with E-state index in [2.05, 4.69) is 10.4 Å². The van der Waals surface area contributed by atoms with E-state index in [1.54, 1.807) is 13.0 Å². The molecule has 1 N–H and O–H groups in total. The number of nitrogens with zero attached hydrogens (tertiary/aromatic N) is 2. The van der Waals surface area contributed by atoms with E-state index in [0.29, 0.717) is 30.1 Å². The van der Waals surface area contributed by atoms with Crippen LogP contribution in [0.2, 0.25) is 4.34 Å².